The molecule has 0 saturated carbocycles. The van der Waals surface area contributed by atoms with Crippen LogP contribution in [-0.4, -0.2) is 48.9 Å². The highest BCUT2D eigenvalue weighted by Crippen LogP contribution is 2.28. The molecule has 1 atom stereocenters. The van der Waals surface area contributed by atoms with E-state index < -0.39 is 0 Å². The Morgan fingerprint density at radius 1 is 1.45 bits per heavy atom. The molecule has 0 spiro atoms. The number of hydrogen-bond donors (Lipinski definition) is 0. The molecule has 106 valence electrons. The molecule has 0 aliphatic carbocycles. The zero-order valence-corrected chi connectivity index (χ0v) is 12.9. The van der Waals surface area contributed by atoms with Crippen molar-refractivity contribution < 1.29 is 4.79 Å². The van der Waals surface area contributed by atoms with Crippen LogP contribution < -0.4 is 4.90 Å². The van der Waals surface area contributed by atoms with Crippen molar-refractivity contribution in [1.29, 1.82) is 0 Å². The van der Waals surface area contributed by atoms with E-state index in [0.29, 0.717) is 6.04 Å². The molecule has 0 aromatic carbocycles. The Bertz CT molecular complexity index is 650. The molecule has 5 heteroatoms. The van der Waals surface area contributed by atoms with Crippen LogP contribution in [0.5, 0.6) is 0 Å². The van der Waals surface area contributed by atoms with Gasteiger partial charge in [0.25, 0.3) is 0 Å². The first kappa shape index (κ1) is 13.5. The lowest BCUT2D eigenvalue weighted by molar-refractivity contribution is 0.102. The van der Waals surface area contributed by atoms with Gasteiger partial charge in [0, 0.05) is 24.5 Å². The van der Waals surface area contributed by atoms with Gasteiger partial charge in [-0.15, -0.1) is 11.3 Å². The van der Waals surface area contributed by atoms with Gasteiger partial charge in [0.15, 0.2) is 5.78 Å². The molecule has 1 aliphatic rings. The van der Waals surface area contributed by atoms with E-state index in [-0.39, 0.29) is 5.78 Å². The average molecular weight is 289 g/mol. The Balaban J connectivity index is 1.88. The Kier molecular flexibility index (Phi) is 3.48. The van der Waals surface area contributed by atoms with Crippen molar-refractivity contribution >= 4 is 33.2 Å². The Morgan fingerprint density at radius 2 is 2.25 bits per heavy atom. The van der Waals surface area contributed by atoms with Gasteiger partial charge in [-0.2, -0.15) is 0 Å². The van der Waals surface area contributed by atoms with Crippen molar-refractivity contribution in [2.45, 2.75) is 19.4 Å². The molecule has 0 bridgehead atoms. The van der Waals surface area contributed by atoms with Crippen LogP contribution in [0.25, 0.3) is 10.2 Å². The number of thiophene rings is 1. The summed E-state index contributed by atoms with van der Waals surface area (Å²) in [5.74, 6) is 1.14. The number of carbonyl (C=O) groups excluding carboxylic acids is 1. The van der Waals surface area contributed by atoms with E-state index in [9.17, 15) is 4.79 Å². The molecule has 2 aromatic heterocycles. The molecule has 1 saturated heterocycles. The molecule has 0 unspecified atom stereocenters. The summed E-state index contributed by atoms with van der Waals surface area (Å²) in [7, 11) is 4.26. The number of likely N-dealkylation sites (N-methyl/N-ethyl adjacent to an activating group) is 1. The topological polar surface area (TPSA) is 36.4 Å². The number of anilines is 1. The summed E-state index contributed by atoms with van der Waals surface area (Å²) in [6.07, 6.45) is 1.18. The molecule has 0 amide bonds. The number of aromatic nitrogens is 1. The third-order valence-electron chi connectivity index (χ3n) is 3.93. The summed E-state index contributed by atoms with van der Waals surface area (Å²) >= 11 is 1.49. The van der Waals surface area contributed by atoms with Crippen LogP contribution in [0.2, 0.25) is 0 Å². The number of hydrogen-bond acceptors (Lipinski definition) is 5. The van der Waals surface area contributed by atoms with E-state index in [1.54, 1.807) is 6.92 Å². The number of nitrogens with zero attached hydrogens (tertiary/aromatic N) is 3. The molecular weight excluding hydrogens is 270 g/mol. The maximum absolute atomic E-state index is 11.4. The summed E-state index contributed by atoms with van der Waals surface area (Å²) in [4.78, 5) is 22.5. The van der Waals surface area contributed by atoms with E-state index in [2.05, 4.69) is 36.0 Å². The molecule has 3 rings (SSSR count). The van der Waals surface area contributed by atoms with E-state index in [0.717, 1.165) is 34.0 Å². The SMILES string of the molecule is CC(=O)c1cc2ccc(N3CC[C@H](N(C)C)C3)nc2s1. The fourth-order valence-corrected chi connectivity index (χ4v) is 3.55. The summed E-state index contributed by atoms with van der Waals surface area (Å²) in [5.41, 5.74) is 0. The predicted octanol–water partition coefficient (Wildman–Crippen LogP) is 2.64. The number of ketones is 1. The molecule has 3 heterocycles. The van der Waals surface area contributed by atoms with Gasteiger partial charge in [-0.1, -0.05) is 0 Å². The highest BCUT2D eigenvalue weighted by molar-refractivity contribution is 7.20. The molecule has 1 aliphatic heterocycles. The minimum atomic E-state index is 0.114. The Hall–Kier alpha value is -1.46. The second-order valence-electron chi connectivity index (χ2n) is 5.58. The number of rotatable bonds is 3. The lowest BCUT2D eigenvalue weighted by Gasteiger charge is -2.21. The Labute approximate surface area is 123 Å². The van der Waals surface area contributed by atoms with Gasteiger partial charge in [-0.3, -0.25) is 4.79 Å². The van der Waals surface area contributed by atoms with Gasteiger partial charge in [0.2, 0.25) is 0 Å². The lowest BCUT2D eigenvalue weighted by atomic mass is 10.2. The largest absolute Gasteiger partial charge is 0.355 e. The third-order valence-corrected chi connectivity index (χ3v) is 5.08. The fourth-order valence-electron chi connectivity index (χ4n) is 2.63. The maximum Gasteiger partial charge on any atom is 0.169 e. The molecular formula is C15H19N3OS. The minimum Gasteiger partial charge on any atom is -0.355 e. The molecule has 20 heavy (non-hydrogen) atoms. The number of carbonyl (C=O) groups is 1. The van der Waals surface area contributed by atoms with Crippen molar-refractivity contribution in [2.24, 2.45) is 0 Å². The first-order chi connectivity index (χ1) is 9.54. The number of Topliss-reactive ketones (excluding diaryl/α,β-unsaturated/α-hetero) is 1. The maximum atomic E-state index is 11.4. The lowest BCUT2D eigenvalue weighted by Crippen LogP contribution is -2.31. The van der Waals surface area contributed by atoms with E-state index >= 15 is 0 Å². The first-order valence-corrected chi connectivity index (χ1v) is 7.69. The van der Waals surface area contributed by atoms with Crippen molar-refractivity contribution in [1.82, 2.24) is 9.88 Å². The van der Waals surface area contributed by atoms with Crippen LogP contribution in [0.3, 0.4) is 0 Å². The van der Waals surface area contributed by atoms with Gasteiger partial charge < -0.3 is 9.80 Å². The average Bonchev–Trinajstić information content (AvgIpc) is 3.04. The van der Waals surface area contributed by atoms with Crippen molar-refractivity contribution in [3.63, 3.8) is 0 Å². The standard InChI is InChI=1S/C15H19N3OS/c1-10(19)13-8-11-4-5-14(16-15(11)20-13)18-7-6-12(9-18)17(2)3/h4-5,8,12H,6-7,9H2,1-3H3/t12-/m0/s1. The smallest absolute Gasteiger partial charge is 0.169 e. The highest BCUT2D eigenvalue weighted by atomic mass is 32.1. The molecule has 0 radical (unpaired) electrons. The van der Waals surface area contributed by atoms with Gasteiger partial charge in [-0.25, -0.2) is 4.98 Å². The zero-order valence-electron chi connectivity index (χ0n) is 12.1. The quantitative estimate of drug-likeness (QED) is 0.814. The minimum absolute atomic E-state index is 0.114. The summed E-state index contributed by atoms with van der Waals surface area (Å²) < 4.78 is 0. The fraction of sp³-hybridized carbons (Fsp3) is 0.467. The van der Waals surface area contributed by atoms with E-state index in [1.165, 1.54) is 17.8 Å². The normalized spacial score (nSPS) is 19.2. The first-order valence-electron chi connectivity index (χ1n) is 6.87. The van der Waals surface area contributed by atoms with Crippen molar-refractivity contribution in [2.75, 3.05) is 32.1 Å². The second kappa shape index (κ2) is 5.14. The van der Waals surface area contributed by atoms with Crippen LogP contribution in [0.1, 0.15) is 23.0 Å². The van der Waals surface area contributed by atoms with Crippen LogP contribution >= 0.6 is 11.3 Å². The van der Waals surface area contributed by atoms with E-state index in [4.69, 9.17) is 4.98 Å². The van der Waals surface area contributed by atoms with Gasteiger partial charge >= 0.3 is 0 Å². The van der Waals surface area contributed by atoms with Crippen LogP contribution in [0.15, 0.2) is 18.2 Å². The third kappa shape index (κ3) is 2.43. The summed E-state index contributed by atoms with van der Waals surface area (Å²) in [6.45, 7) is 3.68. The number of fused-ring (bicyclic) bond motifs is 1. The van der Waals surface area contributed by atoms with Crippen molar-refractivity contribution in [3.8, 4) is 0 Å². The van der Waals surface area contributed by atoms with Gasteiger partial charge in [0.1, 0.15) is 10.6 Å². The van der Waals surface area contributed by atoms with E-state index in [1.807, 2.05) is 6.07 Å². The number of pyridine rings is 1. The summed E-state index contributed by atoms with van der Waals surface area (Å²) in [5, 5.41) is 1.06. The predicted molar refractivity (Wildman–Crippen MR) is 83.9 cm³/mol. The van der Waals surface area contributed by atoms with Gasteiger partial charge in [-0.05, 0) is 45.6 Å². The van der Waals surface area contributed by atoms with Gasteiger partial charge in [0.05, 0.1) is 4.88 Å². The van der Waals surface area contributed by atoms with Crippen molar-refractivity contribution in [3.05, 3.63) is 23.1 Å². The molecule has 0 N–H and O–H groups in total. The summed E-state index contributed by atoms with van der Waals surface area (Å²) in [6, 6.07) is 6.68. The second-order valence-corrected chi connectivity index (χ2v) is 6.61. The highest BCUT2D eigenvalue weighted by Gasteiger charge is 2.25. The van der Waals surface area contributed by atoms with Crippen LogP contribution in [-0.2, 0) is 0 Å². The molecule has 1 fully saturated rings. The van der Waals surface area contributed by atoms with Crippen LogP contribution in [0, 0.1) is 0 Å². The van der Waals surface area contributed by atoms with Crippen LogP contribution in [0.4, 0.5) is 5.82 Å². The molecule has 4 nitrogen and oxygen atoms in total. The monoisotopic (exact) mass is 289 g/mol. The molecule has 2 aromatic rings. The Morgan fingerprint density at radius 3 is 2.90 bits per heavy atom. The zero-order chi connectivity index (χ0) is 14.3.